The molecule has 3 N–H and O–H groups in total. The van der Waals surface area contributed by atoms with Gasteiger partial charge in [-0.25, -0.2) is 4.79 Å². The van der Waals surface area contributed by atoms with Crippen molar-refractivity contribution in [3.8, 4) is 0 Å². The van der Waals surface area contributed by atoms with Crippen molar-refractivity contribution in [1.82, 2.24) is 15.5 Å². The molecule has 0 unspecified atom stereocenters. The number of benzene rings is 2. The van der Waals surface area contributed by atoms with Gasteiger partial charge >= 0.3 is 6.09 Å². The molecule has 0 saturated carbocycles. The van der Waals surface area contributed by atoms with Crippen molar-refractivity contribution in [1.29, 1.82) is 0 Å². The first-order valence-corrected chi connectivity index (χ1v) is 12.0. The van der Waals surface area contributed by atoms with Crippen LogP contribution >= 0.6 is 15.9 Å². The molecule has 0 aromatic heterocycles. The molecule has 0 fully saturated rings. The van der Waals surface area contributed by atoms with Crippen molar-refractivity contribution >= 4 is 51.3 Å². The Balaban J connectivity index is 1.46. The average molecular weight is 559 g/mol. The van der Waals surface area contributed by atoms with Gasteiger partial charge in [0.1, 0.15) is 12.1 Å². The maximum absolute atomic E-state index is 12.6. The van der Waals surface area contributed by atoms with E-state index in [9.17, 15) is 24.0 Å². The molecular weight excluding hydrogens is 532 g/mol. The number of carbonyl (C=O) groups is 5. The van der Waals surface area contributed by atoms with Crippen molar-refractivity contribution in [3.05, 3.63) is 63.6 Å². The Morgan fingerprint density at radius 2 is 1.67 bits per heavy atom. The fraction of sp³-hybridized carbons (Fsp3) is 0.320. The Bertz CT molecular complexity index is 1210. The predicted molar refractivity (Wildman–Crippen MR) is 135 cm³/mol. The zero-order valence-electron chi connectivity index (χ0n) is 20.1. The topological polar surface area (TPSA) is 134 Å². The summed E-state index contributed by atoms with van der Waals surface area (Å²) in [6.07, 6.45) is -0.514. The Labute approximate surface area is 216 Å². The van der Waals surface area contributed by atoms with Gasteiger partial charge in [-0.05, 0) is 56.7 Å². The summed E-state index contributed by atoms with van der Waals surface area (Å²) in [5.41, 5.74) is 1.08. The van der Waals surface area contributed by atoms with Crippen LogP contribution in [0.4, 0.5) is 10.5 Å². The largest absolute Gasteiger partial charge is 0.444 e. The minimum Gasteiger partial charge on any atom is -0.444 e. The third kappa shape index (κ3) is 7.38. The molecule has 0 bridgehead atoms. The highest BCUT2D eigenvalue weighted by molar-refractivity contribution is 9.10. The summed E-state index contributed by atoms with van der Waals surface area (Å²) < 4.78 is 5.77. The van der Waals surface area contributed by atoms with Gasteiger partial charge in [0.15, 0.2) is 0 Å². The first-order valence-electron chi connectivity index (χ1n) is 11.2. The number of amides is 5. The van der Waals surface area contributed by atoms with Gasteiger partial charge in [0.05, 0.1) is 11.1 Å². The number of fused-ring (bicyclic) bond motifs is 1. The minimum absolute atomic E-state index is 0.0759. The second-order valence-electron chi connectivity index (χ2n) is 9.09. The van der Waals surface area contributed by atoms with Crippen LogP contribution in [0.1, 0.15) is 53.5 Å². The van der Waals surface area contributed by atoms with Crippen LogP contribution in [-0.2, 0) is 20.9 Å². The zero-order chi connectivity index (χ0) is 26.5. The molecule has 2 aromatic carbocycles. The quantitative estimate of drug-likeness (QED) is 0.426. The average Bonchev–Trinajstić information content (AvgIpc) is 3.01. The molecule has 2 aromatic rings. The first kappa shape index (κ1) is 26.9. The van der Waals surface area contributed by atoms with Crippen LogP contribution in [0, 0.1) is 0 Å². The summed E-state index contributed by atoms with van der Waals surface area (Å²) >= 11 is 3.27. The lowest BCUT2D eigenvalue weighted by Crippen LogP contribution is -2.37. The Hall–Kier alpha value is -3.73. The first-order chi connectivity index (χ1) is 16.9. The van der Waals surface area contributed by atoms with Gasteiger partial charge in [-0.1, -0.05) is 28.1 Å². The minimum atomic E-state index is -0.616. The van der Waals surface area contributed by atoms with Gasteiger partial charge in [-0.2, -0.15) is 0 Å². The Morgan fingerprint density at radius 3 is 2.39 bits per heavy atom. The van der Waals surface area contributed by atoms with E-state index in [-0.39, 0.29) is 36.5 Å². The molecule has 1 aliphatic rings. The molecule has 0 aliphatic carbocycles. The van der Waals surface area contributed by atoms with Crippen molar-refractivity contribution in [2.24, 2.45) is 0 Å². The van der Waals surface area contributed by atoms with Crippen LogP contribution in [0.3, 0.4) is 0 Å². The van der Waals surface area contributed by atoms with E-state index in [1.54, 1.807) is 63.2 Å². The lowest BCUT2D eigenvalue weighted by atomic mass is 10.1. The summed E-state index contributed by atoms with van der Waals surface area (Å²) in [6, 6.07) is 11.6. The summed E-state index contributed by atoms with van der Waals surface area (Å²) in [6.45, 7) is 5.17. The molecule has 5 amide bonds. The number of ether oxygens (including phenoxy) is 1. The van der Waals surface area contributed by atoms with Crippen molar-refractivity contribution in [3.63, 3.8) is 0 Å². The number of alkyl carbamates (subject to hydrolysis) is 1. The van der Waals surface area contributed by atoms with E-state index >= 15 is 0 Å². The molecule has 190 valence electrons. The SMILES string of the molecule is CC(C)(C)OC(=O)NCCC(=O)NCc1cccc(NC(=O)CN2C(=O)c3ccc(Br)cc3C2=O)c1. The zero-order valence-corrected chi connectivity index (χ0v) is 21.7. The fourth-order valence-corrected chi connectivity index (χ4v) is 3.75. The van der Waals surface area contributed by atoms with Crippen molar-refractivity contribution < 1.29 is 28.7 Å². The van der Waals surface area contributed by atoms with Gasteiger partial charge < -0.3 is 20.7 Å². The van der Waals surface area contributed by atoms with Gasteiger partial charge in [0, 0.05) is 29.7 Å². The van der Waals surface area contributed by atoms with Crippen LogP contribution in [-0.4, -0.2) is 53.3 Å². The van der Waals surface area contributed by atoms with Gasteiger partial charge in [-0.3, -0.25) is 24.1 Å². The highest BCUT2D eigenvalue weighted by Gasteiger charge is 2.36. The Kier molecular flexibility index (Phi) is 8.46. The number of anilines is 1. The summed E-state index contributed by atoms with van der Waals surface area (Å²) in [5.74, 6) is -1.84. The highest BCUT2D eigenvalue weighted by Crippen LogP contribution is 2.26. The molecule has 1 heterocycles. The van der Waals surface area contributed by atoms with E-state index in [1.807, 2.05) is 0 Å². The monoisotopic (exact) mass is 558 g/mol. The fourth-order valence-electron chi connectivity index (χ4n) is 3.39. The number of carbonyl (C=O) groups excluding carboxylic acids is 5. The van der Waals surface area contributed by atoms with Crippen LogP contribution in [0.2, 0.25) is 0 Å². The third-order valence-electron chi connectivity index (χ3n) is 4.96. The van der Waals surface area contributed by atoms with Crippen molar-refractivity contribution in [2.75, 3.05) is 18.4 Å². The molecule has 36 heavy (non-hydrogen) atoms. The number of nitrogens with one attached hydrogen (secondary N) is 3. The standard InChI is InChI=1S/C25H27BrN4O6/c1-25(2,3)36-24(35)27-10-9-20(31)28-13-15-5-4-6-17(11-15)29-21(32)14-30-22(33)18-8-7-16(26)12-19(18)23(30)34/h4-8,11-12H,9-10,13-14H2,1-3H3,(H,27,35)(H,28,31)(H,29,32). The molecule has 0 saturated heterocycles. The molecule has 0 atom stereocenters. The normalized spacial score (nSPS) is 12.7. The summed E-state index contributed by atoms with van der Waals surface area (Å²) in [7, 11) is 0. The smallest absolute Gasteiger partial charge is 0.407 e. The molecule has 0 radical (unpaired) electrons. The molecule has 0 spiro atoms. The Morgan fingerprint density at radius 1 is 0.944 bits per heavy atom. The predicted octanol–water partition coefficient (Wildman–Crippen LogP) is 3.21. The third-order valence-corrected chi connectivity index (χ3v) is 5.45. The molecule has 10 nitrogen and oxygen atoms in total. The number of hydrogen-bond acceptors (Lipinski definition) is 6. The van der Waals surface area contributed by atoms with E-state index in [2.05, 4.69) is 31.9 Å². The second-order valence-corrected chi connectivity index (χ2v) is 10.0. The number of halogens is 1. The van der Waals surface area contributed by atoms with Gasteiger partial charge in [0.25, 0.3) is 11.8 Å². The maximum atomic E-state index is 12.6. The van der Waals surface area contributed by atoms with E-state index in [0.29, 0.717) is 10.2 Å². The van der Waals surface area contributed by atoms with E-state index in [4.69, 9.17) is 4.74 Å². The highest BCUT2D eigenvalue weighted by atomic mass is 79.9. The number of rotatable bonds is 8. The lowest BCUT2D eigenvalue weighted by molar-refractivity contribution is -0.121. The van der Waals surface area contributed by atoms with Crippen LogP contribution < -0.4 is 16.0 Å². The van der Waals surface area contributed by atoms with E-state index < -0.39 is 36.0 Å². The van der Waals surface area contributed by atoms with Crippen LogP contribution in [0.15, 0.2) is 46.9 Å². The van der Waals surface area contributed by atoms with Crippen LogP contribution in [0.5, 0.6) is 0 Å². The molecular formula is C25H27BrN4O6. The van der Waals surface area contributed by atoms with Crippen molar-refractivity contribution in [2.45, 2.75) is 39.3 Å². The number of imide groups is 1. The second kappa shape index (κ2) is 11.3. The lowest BCUT2D eigenvalue weighted by Gasteiger charge is -2.19. The van der Waals surface area contributed by atoms with Crippen LogP contribution in [0.25, 0.3) is 0 Å². The molecule has 3 rings (SSSR count). The van der Waals surface area contributed by atoms with E-state index in [0.717, 1.165) is 10.5 Å². The number of hydrogen-bond donors (Lipinski definition) is 3. The number of nitrogens with zero attached hydrogens (tertiary/aromatic N) is 1. The van der Waals surface area contributed by atoms with Gasteiger partial charge in [0.2, 0.25) is 11.8 Å². The maximum Gasteiger partial charge on any atom is 0.407 e. The van der Waals surface area contributed by atoms with Gasteiger partial charge in [-0.15, -0.1) is 0 Å². The van der Waals surface area contributed by atoms with E-state index in [1.165, 1.54) is 0 Å². The summed E-state index contributed by atoms with van der Waals surface area (Å²) in [5, 5.41) is 7.93. The molecule has 1 aliphatic heterocycles. The summed E-state index contributed by atoms with van der Waals surface area (Å²) in [4.78, 5) is 62.2. The molecule has 11 heteroatoms.